The van der Waals surface area contributed by atoms with Crippen molar-refractivity contribution in [3.05, 3.63) is 63.6 Å². The van der Waals surface area contributed by atoms with Crippen LogP contribution < -0.4 is 0 Å². The second-order valence-electron chi connectivity index (χ2n) is 3.97. The van der Waals surface area contributed by atoms with Crippen molar-refractivity contribution in [3.8, 4) is 0 Å². The molecule has 0 saturated carbocycles. The molecule has 1 aromatic heterocycles. The summed E-state index contributed by atoms with van der Waals surface area (Å²) >= 11 is 0. The van der Waals surface area contributed by atoms with Gasteiger partial charge in [0.05, 0.1) is 10.3 Å². The smallest absolute Gasteiger partial charge is 0.258 e. The van der Waals surface area contributed by atoms with Gasteiger partial charge < -0.3 is 0 Å². The fourth-order valence-electron chi connectivity index (χ4n) is 1.57. The van der Waals surface area contributed by atoms with Crippen LogP contribution in [0.5, 0.6) is 0 Å². The Balaban J connectivity index is 2.25. The van der Waals surface area contributed by atoms with Gasteiger partial charge in [-0.15, -0.1) is 0 Å². The minimum atomic E-state index is -3.63. The zero-order valence-corrected chi connectivity index (χ0v) is 11.3. The molecule has 20 heavy (non-hydrogen) atoms. The third kappa shape index (κ3) is 2.91. The second kappa shape index (κ2) is 5.25. The Labute approximate surface area is 115 Å². The fraction of sp³-hybridized carbons (Fsp3) is 0.0833. The van der Waals surface area contributed by atoms with Crippen LogP contribution in [0.4, 0.5) is 5.69 Å². The summed E-state index contributed by atoms with van der Waals surface area (Å²) in [7, 11) is -3.63. The summed E-state index contributed by atoms with van der Waals surface area (Å²) in [5.41, 5.74) is 0.507. The van der Waals surface area contributed by atoms with Crippen LogP contribution in [0.25, 0.3) is 6.08 Å². The van der Waals surface area contributed by atoms with Gasteiger partial charge in [-0.3, -0.25) is 10.1 Å². The fourth-order valence-corrected chi connectivity index (χ4v) is 2.67. The van der Waals surface area contributed by atoms with Crippen LogP contribution in [-0.2, 0) is 10.0 Å². The van der Waals surface area contributed by atoms with Gasteiger partial charge in [0, 0.05) is 24.5 Å². The summed E-state index contributed by atoms with van der Waals surface area (Å²) in [6.07, 6.45) is 4.12. The molecule has 0 spiro atoms. The van der Waals surface area contributed by atoms with Crippen molar-refractivity contribution in [3.63, 3.8) is 0 Å². The van der Waals surface area contributed by atoms with Gasteiger partial charge in [0.2, 0.25) is 0 Å². The molecule has 0 aliphatic rings. The molecule has 0 N–H and O–H groups in total. The lowest BCUT2D eigenvalue weighted by Gasteiger charge is -2.01. The molecule has 0 aliphatic heterocycles. The first-order valence-electron chi connectivity index (χ1n) is 5.58. The molecule has 0 bridgehead atoms. The molecule has 1 heterocycles. The summed E-state index contributed by atoms with van der Waals surface area (Å²) < 4.78 is 25.0. The van der Waals surface area contributed by atoms with E-state index in [4.69, 9.17) is 0 Å². The SMILES string of the molecule is Cc1nccn1S(=O)(=O)/C=C/c1ccc([N+](=O)[O-])cc1. The lowest BCUT2D eigenvalue weighted by Crippen LogP contribution is -2.09. The Hall–Kier alpha value is -2.48. The maximum Gasteiger partial charge on any atom is 0.269 e. The number of benzene rings is 1. The van der Waals surface area contributed by atoms with E-state index in [0.29, 0.717) is 11.4 Å². The van der Waals surface area contributed by atoms with Crippen molar-refractivity contribution in [2.75, 3.05) is 0 Å². The Kier molecular flexibility index (Phi) is 3.66. The standard InChI is InChI=1S/C12H11N3O4S/c1-10-13-7-8-14(10)20(18,19)9-6-11-2-4-12(5-3-11)15(16)17/h2-9H,1H3/b9-6+. The molecule has 2 rings (SSSR count). The highest BCUT2D eigenvalue weighted by Crippen LogP contribution is 2.14. The van der Waals surface area contributed by atoms with Crippen molar-refractivity contribution >= 4 is 21.8 Å². The minimum Gasteiger partial charge on any atom is -0.258 e. The lowest BCUT2D eigenvalue weighted by molar-refractivity contribution is -0.384. The van der Waals surface area contributed by atoms with Crippen molar-refractivity contribution in [1.29, 1.82) is 0 Å². The molecule has 0 saturated heterocycles. The van der Waals surface area contributed by atoms with Crippen molar-refractivity contribution in [2.45, 2.75) is 6.92 Å². The quantitative estimate of drug-likeness (QED) is 0.634. The van der Waals surface area contributed by atoms with Crippen LogP contribution in [0.15, 0.2) is 42.1 Å². The highest BCUT2D eigenvalue weighted by Gasteiger charge is 2.11. The molecule has 0 fully saturated rings. The van der Waals surface area contributed by atoms with Crippen LogP contribution in [-0.4, -0.2) is 22.3 Å². The average molecular weight is 293 g/mol. The third-order valence-electron chi connectivity index (χ3n) is 2.59. The maximum atomic E-state index is 12.0. The van der Waals surface area contributed by atoms with Crippen molar-refractivity contribution < 1.29 is 13.3 Å². The normalized spacial score (nSPS) is 11.8. The number of hydrogen-bond acceptors (Lipinski definition) is 5. The summed E-state index contributed by atoms with van der Waals surface area (Å²) in [4.78, 5) is 13.8. The van der Waals surface area contributed by atoms with Crippen LogP contribution in [0.3, 0.4) is 0 Å². The van der Waals surface area contributed by atoms with E-state index >= 15 is 0 Å². The molecular weight excluding hydrogens is 282 g/mol. The molecule has 0 aliphatic carbocycles. The largest absolute Gasteiger partial charge is 0.269 e. The summed E-state index contributed by atoms with van der Waals surface area (Å²) in [5, 5.41) is 11.5. The second-order valence-corrected chi connectivity index (χ2v) is 5.66. The first-order chi connectivity index (χ1) is 9.40. The molecule has 2 aromatic rings. The van der Waals surface area contributed by atoms with Gasteiger partial charge in [0.15, 0.2) is 0 Å². The molecule has 0 radical (unpaired) electrons. The van der Waals surface area contributed by atoms with Crippen LogP contribution >= 0.6 is 0 Å². The van der Waals surface area contributed by atoms with Gasteiger partial charge in [-0.25, -0.2) is 17.4 Å². The van der Waals surface area contributed by atoms with Crippen LogP contribution in [0.1, 0.15) is 11.4 Å². The first kappa shape index (κ1) is 13.9. The van der Waals surface area contributed by atoms with E-state index in [9.17, 15) is 18.5 Å². The van der Waals surface area contributed by atoms with Gasteiger partial charge in [0.25, 0.3) is 15.7 Å². The molecule has 8 heteroatoms. The highest BCUT2D eigenvalue weighted by molar-refractivity contribution is 7.93. The Bertz CT molecular complexity index is 760. The van der Waals surface area contributed by atoms with Gasteiger partial charge in [-0.05, 0) is 30.7 Å². The number of nitro benzene ring substituents is 1. The number of nitrogens with zero attached hydrogens (tertiary/aromatic N) is 3. The third-order valence-corrected chi connectivity index (χ3v) is 4.01. The molecule has 7 nitrogen and oxygen atoms in total. The molecule has 0 unspecified atom stereocenters. The summed E-state index contributed by atoms with van der Waals surface area (Å²) in [6.45, 7) is 1.58. The van der Waals surface area contributed by atoms with E-state index in [1.165, 1.54) is 42.7 Å². The van der Waals surface area contributed by atoms with Gasteiger partial charge >= 0.3 is 0 Å². The van der Waals surface area contributed by atoms with E-state index in [0.717, 1.165) is 9.38 Å². The number of imidazole rings is 1. The van der Waals surface area contributed by atoms with Crippen LogP contribution in [0, 0.1) is 17.0 Å². The zero-order chi connectivity index (χ0) is 14.8. The molecule has 0 amide bonds. The lowest BCUT2D eigenvalue weighted by atomic mass is 10.2. The number of non-ortho nitro benzene ring substituents is 1. The maximum absolute atomic E-state index is 12.0. The Morgan fingerprint density at radius 3 is 2.45 bits per heavy atom. The first-order valence-corrected chi connectivity index (χ1v) is 7.08. The molecule has 0 atom stereocenters. The predicted molar refractivity (Wildman–Crippen MR) is 73.4 cm³/mol. The molecule has 104 valence electrons. The predicted octanol–water partition coefficient (Wildman–Crippen LogP) is 1.95. The van der Waals surface area contributed by atoms with Gasteiger partial charge in [-0.2, -0.15) is 0 Å². The number of hydrogen-bond donors (Lipinski definition) is 0. The zero-order valence-electron chi connectivity index (χ0n) is 10.5. The van der Waals surface area contributed by atoms with Gasteiger partial charge in [0.1, 0.15) is 5.82 Å². The van der Waals surface area contributed by atoms with E-state index in [1.54, 1.807) is 6.92 Å². The van der Waals surface area contributed by atoms with E-state index < -0.39 is 14.9 Å². The monoisotopic (exact) mass is 293 g/mol. The number of nitro groups is 1. The Morgan fingerprint density at radius 1 is 1.30 bits per heavy atom. The van der Waals surface area contributed by atoms with Crippen molar-refractivity contribution in [1.82, 2.24) is 8.96 Å². The summed E-state index contributed by atoms with van der Waals surface area (Å²) in [5.74, 6) is 0.360. The number of aryl methyl sites for hydroxylation is 1. The van der Waals surface area contributed by atoms with Gasteiger partial charge in [-0.1, -0.05) is 0 Å². The van der Waals surface area contributed by atoms with Crippen LogP contribution in [0.2, 0.25) is 0 Å². The number of rotatable bonds is 4. The average Bonchev–Trinajstić information content (AvgIpc) is 2.84. The van der Waals surface area contributed by atoms with Crippen molar-refractivity contribution in [2.24, 2.45) is 0 Å². The summed E-state index contributed by atoms with van der Waals surface area (Å²) in [6, 6.07) is 5.58. The molecule has 1 aromatic carbocycles. The topological polar surface area (TPSA) is 95.1 Å². The minimum absolute atomic E-state index is 0.0459. The highest BCUT2D eigenvalue weighted by atomic mass is 32.2. The molecular formula is C12H11N3O4S. The van der Waals surface area contributed by atoms with E-state index in [1.807, 2.05) is 0 Å². The van der Waals surface area contributed by atoms with E-state index in [2.05, 4.69) is 4.98 Å². The van der Waals surface area contributed by atoms with E-state index in [-0.39, 0.29) is 5.69 Å². The number of aromatic nitrogens is 2. The Morgan fingerprint density at radius 2 is 1.95 bits per heavy atom.